The summed E-state index contributed by atoms with van der Waals surface area (Å²) in [6, 6.07) is 19.2. The second-order valence-corrected chi connectivity index (χ2v) is 13.1. The van der Waals surface area contributed by atoms with E-state index in [1.807, 2.05) is 74.5 Å². The number of urea groups is 1. The number of likely N-dealkylation sites (N-methyl/N-ethyl adjacent to an activating group) is 1. The number of carbonyl (C=O) groups excluding carboxylic acids is 3. The minimum Gasteiger partial charge on any atom is -0.755 e. The molecular weight excluding hydrogens is 644 g/mol. The van der Waals surface area contributed by atoms with Crippen molar-refractivity contribution in [1.82, 2.24) is 25.1 Å². The van der Waals surface area contributed by atoms with Crippen LogP contribution in [0.1, 0.15) is 31.4 Å². The number of methoxy groups -OCH3 is 1. The van der Waals surface area contributed by atoms with Gasteiger partial charge in [0, 0.05) is 56.7 Å². The second kappa shape index (κ2) is 16.2. The number of piperazine rings is 1. The summed E-state index contributed by atoms with van der Waals surface area (Å²) in [4.78, 5) is 44.2. The molecule has 5 rings (SSSR count). The number of carbonyl (C=O) groups is 3. The summed E-state index contributed by atoms with van der Waals surface area (Å²) in [6.07, 6.45) is 6.88. The molecule has 0 spiro atoms. The van der Waals surface area contributed by atoms with E-state index in [-0.39, 0.29) is 37.0 Å². The van der Waals surface area contributed by atoms with Gasteiger partial charge >= 0.3 is 6.03 Å². The van der Waals surface area contributed by atoms with Gasteiger partial charge in [-0.1, -0.05) is 72.8 Å². The number of benzene rings is 3. The van der Waals surface area contributed by atoms with E-state index in [1.165, 1.54) is 4.90 Å². The third-order valence-corrected chi connectivity index (χ3v) is 9.39. The van der Waals surface area contributed by atoms with Gasteiger partial charge in [-0.3, -0.25) is 18.8 Å². The Morgan fingerprint density at radius 2 is 1.86 bits per heavy atom. The van der Waals surface area contributed by atoms with Crippen LogP contribution in [0.5, 0.6) is 0 Å². The fourth-order valence-electron chi connectivity index (χ4n) is 6.48. The number of hydrazine groups is 1. The molecule has 13 heteroatoms. The number of fused-ring (bicyclic) bond motifs is 1. The van der Waals surface area contributed by atoms with E-state index in [0.29, 0.717) is 25.2 Å². The highest BCUT2D eigenvalue weighted by Crippen LogP contribution is 2.27. The van der Waals surface area contributed by atoms with Crippen molar-refractivity contribution in [1.29, 1.82) is 0 Å². The molecule has 4 amide bonds. The van der Waals surface area contributed by atoms with Crippen molar-refractivity contribution in [2.75, 3.05) is 32.0 Å². The normalized spacial score (nSPS) is 20.0. The van der Waals surface area contributed by atoms with E-state index in [1.54, 1.807) is 53.3 Å². The maximum Gasteiger partial charge on any atom is 0.332 e. The molecule has 1 aliphatic carbocycles. The molecule has 4 atom stereocenters. The van der Waals surface area contributed by atoms with Gasteiger partial charge in [0.25, 0.3) is 0 Å². The van der Waals surface area contributed by atoms with Gasteiger partial charge in [0.1, 0.15) is 12.2 Å². The number of rotatable bonds is 13. The Bertz CT molecular complexity index is 1730. The summed E-state index contributed by atoms with van der Waals surface area (Å²) in [7, 11) is 3.42. The molecule has 12 nitrogen and oxygen atoms in total. The van der Waals surface area contributed by atoms with E-state index >= 15 is 0 Å². The van der Waals surface area contributed by atoms with Crippen LogP contribution in [0.4, 0.5) is 10.5 Å². The lowest BCUT2D eigenvalue weighted by Gasteiger charge is -2.50. The van der Waals surface area contributed by atoms with Crippen molar-refractivity contribution in [3.63, 3.8) is 0 Å². The highest BCUT2D eigenvalue weighted by Gasteiger charge is 2.44. The van der Waals surface area contributed by atoms with Crippen LogP contribution in [0, 0.1) is 0 Å². The Morgan fingerprint density at radius 3 is 2.51 bits per heavy atom. The maximum absolute atomic E-state index is 14.3. The minimum absolute atomic E-state index is 0.0174. The molecule has 1 heterocycles. The molecule has 3 aromatic rings. The molecule has 3 aromatic carbocycles. The first-order valence-corrected chi connectivity index (χ1v) is 17.3. The number of nitrogens with one attached hydrogen (secondary N) is 2. The standard InChI is InChI=1S/C36H44N6O6S/c1-25(2)42(36(45)37-21-27-14-18-31(48-4)19-15-27)39(3)34-23-40(22-29-10-7-9-28-8-5-6-11-32(28)29)35(44)33(41(34)24-43)20-26-12-16-30(17-13-26)38-49(46)47/h5-18,24-25,31,33-34,38H,19-23H2,1-4H3,(H,37,45)(H,46,47)/p-1/t31?,33-,34+/m0/s1. The minimum atomic E-state index is -2.47. The number of ether oxygens (including phenoxy) is 1. The van der Waals surface area contributed by atoms with Crippen LogP contribution in [-0.4, -0.2) is 98.5 Å². The van der Waals surface area contributed by atoms with Crippen molar-refractivity contribution in [3.8, 4) is 0 Å². The molecule has 260 valence electrons. The SMILES string of the molecule is COC1C=CC(CNC(=O)N(C(C)C)N(C)[C@H]2CN(Cc3cccc4ccccc34)C(=O)[C@H](Cc3ccc(NS(=O)[O-])cc3)N2C=O)=CC1. The highest BCUT2D eigenvalue weighted by molar-refractivity contribution is 7.80. The van der Waals surface area contributed by atoms with Crippen LogP contribution < -0.4 is 10.0 Å². The molecular formula is C36H43N6O6S-. The lowest BCUT2D eigenvalue weighted by Crippen LogP contribution is -2.69. The van der Waals surface area contributed by atoms with E-state index in [4.69, 9.17) is 4.74 Å². The van der Waals surface area contributed by atoms with Gasteiger partial charge in [-0.2, -0.15) is 5.01 Å². The van der Waals surface area contributed by atoms with Gasteiger partial charge in [0.05, 0.1) is 12.6 Å². The third kappa shape index (κ3) is 8.54. The lowest BCUT2D eigenvalue weighted by molar-refractivity contribution is -0.168. The Morgan fingerprint density at radius 1 is 1.12 bits per heavy atom. The first-order valence-electron chi connectivity index (χ1n) is 16.2. The number of anilines is 1. The zero-order valence-corrected chi connectivity index (χ0v) is 29.0. The molecule has 2 aliphatic rings. The van der Waals surface area contributed by atoms with Gasteiger partial charge < -0.3 is 29.1 Å². The quantitative estimate of drug-likeness (QED) is 0.158. The van der Waals surface area contributed by atoms with Crippen LogP contribution in [0.15, 0.2) is 90.5 Å². The average molecular weight is 688 g/mol. The summed E-state index contributed by atoms with van der Waals surface area (Å²) in [5, 5.41) is 8.43. The molecule has 0 bridgehead atoms. The van der Waals surface area contributed by atoms with Crippen LogP contribution >= 0.6 is 0 Å². The van der Waals surface area contributed by atoms with E-state index in [9.17, 15) is 23.1 Å². The maximum atomic E-state index is 14.3. The molecule has 2 N–H and O–H groups in total. The third-order valence-electron chi connectivity index (χ3n) is 8.98. The number of hydrogen-bond acceptors (Lipinski definition) is 7. The topological polar surface area (TPSA) is 138 Å². The summed E-state index contributed by atoms with van der Waals surface area (Å²) < 4.78 is 29.9. The largest absolute Gasteiger partial charge is 0.755 e. The zero-order chi connectivity index (χ0) is 35.1. The average Bonchev–Trinajstić information content (AvgIpc) is 3.09. The predicted octanol–water partition coefficient (Wildman–Crippen LogP) is 3.95. The first kappa shape index (κ1) is 35.7. The Balaban J connectivity index is 1.43. The molecule has 1 saturated heterocycles. The monoisotopic (exact) mass is 687 g/mol. The molecule has 0 aromatic heterocycles. The fourth-order valence-corrected chi connectivity index (χ4v) is 6.81. The smallest absolute Gasteiger partial charge is 0.332 e. The molecule has 1 aliphatic heterocycles. The van der Waals surface area contributed by atoms with E-state index in [2.05, 4.69) is 10.0 Å². The van der Waals surface area contributed by atoms with Crippen molar-refractivity contribution in [2.45, 2.75) is 57.6 Å². The zero-order valence-electron chi connectivity index (χ0n) is 28.2. The number of hydrogen-bond donors (Lipinski definition) is 2. The van der Waals surface area contributed by atoms with Crippen molar-refractivity contribution < 1.29 is 27.9 Å². The van der Waals surface area contributed by atoms with Gasteiger partial charge in [0.15, 0.2) is 0 Å². The Labute approximate surface area is 289 Å². The molecule has 1 fully saturated rings. The van der Waals surface area contributed by atoms with Crippen molar-refractivity contribution >= 4 is 46.1 Å². The summed E-state index contributed by atoms with van der Waals surface area (Å²) in [5.74, 6) is -0.224. The number of amides is 4. The van der Waals surface area contributed by atoms with E-state index in [0.717, 1.165) is 33.9 Å². The van der Waals surface area contributed by atoms with Crippen molar-refractivity contribution in [2.24, 2.45) is 0 Å². The van der Waals surface area contributed by atoms with Crippen LogP contribution in [-0.2, 0) is 38.6 Å². The molecule has 49 heavy (non-hydrogen) atoms. The van der Waals surface area contributed by atoms with E-state index < -0.39 is 23.5 Å². The van der Waals surface area contributed by atoms with Gasteiger partial charge in [-0.05, 0) is 59.9 Å². The lowest BCUT2D eigenvalue weighted by atomic mass is 9.98. The van der Waals surface area contributed by atoms with Crippen LogP contribution in [0.3, 0.4) is 0 Å². The Kier molecular flexibility index (Phi) is 11.8. The number of nitrogens with zero attached hydrogens (tertiary/aromatic N) is 4. The highest BCUT2D eigenvalue weighted by atomic mass is 32.2. The summed E-state index contributed by atoms with van der Waals surface area (Å²) in [6.45, 7) is 4.59. The second-order valence-electron chi connectivity index (χ2n) is 12.5. The predicted molar refractivity (Wildman–Crippen MR) is 188 cm³/mol. The fraction of sp³-hybridized carbons (Fsp3) is 0.361. The van der Waals surface area contributed by atoms with Gasteiger partial charge in [-0.25, -0.2) is 4.79 Å². The Hall–Kier alpha value is -4.56. The van der Waals surface area contributed by atoms with Crippen molar-refractivity contribution in [3.05, 3.63) is 102 Å². The molecule has 0 radical (unpaired) electrons. The van der Waals surface area contributed by atoms with Crippen LogP contribution in [0.2, 0.25) is 0 Å². The van der Waals surface area contributed by atoms with Gasteiger partial charge in [0.2, 0.25) is 12.3 Å². The van der Waals surface area contributed by atoms with Crippen LogP contribution in [0.25, 0.3) is 10.8 Å². The summed E-state index contributed by atoms with van der Waals surface area (Å²) in [5.41, 5.74) is 3.06. The molecule has 2 unspecified atom stereocenters. The molecule has 0 saturated carbocycles. The first-order chi connectivity index (χ1) is 23.6. The van der Waals surface area contributed by atoms with Gasteiger partial charge in [-0.15, -0.1) is 0 Å². The summed E-state index contributed by atoms with van der Waals surface area (Å²) >= 11 is -2.47.